The Balaban J connectivity index is 1.91. The molecule has 1 amide bonds. The first-order valence-electron chi connectivity index (χ1n) is 7.04. The Morgan fingerprint density at radius 1 is 1.22 bits per heavy atom. The lowest BCUT2D eigenvalue weighted by Gasteiger charge is -2.23. The highest BCUT2D eigenvalue weighted by atomic mass is 35.5. The molecule has 6 heteroatoms. The normalized spacial score (nSPS) is 12.8. The lowest BCUT2D eigenvalue weighted by molar-refractivity contribution is -0.118. The first-order valence-corrected chi connectivity index (χ1v) is 7.58. The van der Waals surface area contributed by atoms with Gasteiger partial charge in [0.1, 0.15) is 18.0 Å². The molecule has 1 aliphatic rings. The molecule has 2 aromatic carbocycles. The van der Waals surface area contributed by atoms with Crippen LogP contribution < -0.4 is 14.8 Å². The number of amides is 1. The molecule has 118 valence electrons. The summed E-state index contributed by atoms with van der Waals surface area (Å²) in [6.45, 7) is 0.198. The summed E-state index contributed by atoms with van der Waals surface area (Å²) in [5, 5.41) is 2.70. The van der Waals surface area contributed by atoms with Gasteiger partial charge in [-0.05, 0) is 17.7 Å². The van der Waals surface area contributed by atoms with Gasteiger partial charge in [0.05, 0.1) is 11.4 Å². The van der Waals surface area contributed by atoms with Crippen molar-refractivity contribution in [1.82, 2.24) is 0 Å². The lowest BCUT2D eigenvalue weighted by Crippen LogP contribution is -2.27. The maximum absolute atomic E-state index is 11.9. The topological polar surface area (TPSA) is 64.6 Å². The molecule has 1 N–H and O–H groups in total. The molecule has 3 rings (SSSR count). The van der Waals surface area contributed by atoms with E-state index < -0.39 is 0 Å². The third kappa shape index (κ3) is 3.29. The van der Waals surface area contributed by atoms with E-state index in [1.165, 1.54) is 0 Å². The van der Waals surface area contributed by atoms with Crippen LogP contribution in [0.2, 0.25) is 0 Å². The molecule has 0 atom stereocenters. The number of hydrogen-bond acceptors (Lipinski definition) is 4. The molecule has 0 saturated carbocycles. The van der Waals surface area contributed by atoms with Crippen molar-refractivity contribution in [3.05, 3.63) is 53.6 Å². The van der Waals surface area contributed by atoms with E-state index in [0.717, 1.165) is 5.56 Å². The Hall–Kier alpha value is -2.53. The van der Waals surface area contributed by atoms with Crippen LogP contribution in [0.1, 0.15) is 15.9 Å². The van der Waals surface area contributed by atoms with Crippen molar-refractivity contribution in [2.75, 3.05) is 17.8 Å². The second-order valence-corrected chi connectivity index (χ2v) is 5.25. The van der Waals surface area contributed by atoms with Crippen molar-refractivity contribution in [3.8, 4) is 11.5 Å². The Kier molecular flexibility index (Phi) is 4.48. The minimum absolute atomic E-state index is 0.141. The molecule has 2 aromatic rings. The van der Waals surface area contributed by atoms with Gasteiger partial charge in [-0.15, -0.1) is 11.6 Å². The molecule has 5 nitrogen and oxygen atoms in total. The van der Waals surface area contributed by atoms with E-state index in [0.29, 0.717) is 29.4 Å². The Labute approximate surface area is 138 Å². The summed E-state index contributed by atoms with van der Waals surface area (Å²) < 4.78 is 11.2. The number of anilines is 1. The van der Waals surface area contributed by atoms with Gasteiger partial charge in [-0.3, -0.25) is 9.59 Å². The van der Waals surface area contributed by atoms with Gasteiger partial charge in [-0.25, -0.2) is 0 Å². The highest BCUT2D eigenvalue weighted by Crippen LogP contribution is 2.40. The fourth-order valence-corrected chi connectivity index (χ4v) is 2.44. The lowest BCUT2D eigenvalue weighted by atomic mass is 10.1. The Morgan fingerprint density at radius 3 is 2.74 bits per heavy atom. The number of nitrogens with one attached hydrogen (secondary N) is 1. The zero-order chi connectivity index (χ0) is 16.2. The zero-order valence-electron chi connectivity index (χ0n) is 12.2. The molecule has 0 bridgehead atoms. The Bertz CT molecular complexity index is 746. The highest BCUT2D eigenvalue weighted by molar-refractivity contribution is 6.31. The summed E-state index contributed by atoms with van der Waals surface area (Å²) in [6, 6.07) is 12.9. The molecule has 23 heavy (non-hydrogen) atoms. The van der Waals surface area contributed by atoms with Crippen LogP contribution >= 0.6 is 11.6 Å². The summed E-state index contributed by atoms with van der Waals surface area (Å²) in [4.78, 5) is 23.5. The average molecular weight is 332 g/mol. The van der Waals surface area contributed by atoms with Crippen LogP contribution in [0.5, 0.6) is 11.5 Å². The quantitative estimate of drug-likeness (QED) is 0.675. The smallest absolute Gasteiger partial charge is 0.262 e. The van der Waals surface area contributed by atoms with Crippen LogP contribution in [-0.4, -0.2) is 24.2 Å². The number of carbonyl (C=O) groups excluding carboxylic acids is 2. The maximum atomic E-state index is 11.9. The van der Waals surface area contributed by atoms with Gasteiger partial charge in [0.25, 0.3) is 5.91 Å². The van der Waals surface area contributed by atoms with Crippen molar-refractivity contribution >= 4 is 29.0 Å². The first-order chi connectivity index (χ1) is 11.2. The molecule has 0 fully saturated rings. The van der Waals surface area contributed by atoms with Gasteiger partial charge in [-0.1, -0.05) is 30.3 Å². The number of carbonyl (C=O) groups is 2. The van der Waals surface area contributed by atoms with Crippen LogP contribution in [0.15, 0.2) is 42.5 Å². The number of fused-ring (bicyclic) bond motifs is 1. The second kappa shape index (κ2) is 6.71. The summed E-state index contributed by atoms with van der Waals surface area (Å²) in [5.74, 6) is 0.0311. The second-order valence-electron chi connectivity index (χ2n) is 4.98. The van der Waals surface area contributed by atoms with Crippen LogP contribution in [-0.2, 0) is 11.4 Å². The monoisotopic (exact) mass is 331 g/mol. The van der Waals surface area contributed by atoms with Gasteiger partial charge in [-0.2, -0.15) is 0 Å². The molecule has 0 radical (unpaired) electrons. The van der Waals surface area contributed by atoms with Crippen molar-refractivity contribution in [3.63, 3.8) is 0 Å². The predicted octanol–water partition coefficient (Wildman–Crippen LogP) is 3.02. The SMILES string of the molecule is O=C1COc2c(C(=O)CCl)ccc(OCc3ccccc3)c2N1. The van der Waals surface area contributed by atoms with Gasteiger partial charge in [0.15, 0.2) is 18.1 Å². The minimum Gasteiger partial charge on any atom is -0.487 e. The maximum Gasteiger partial charge on any atom is 0.262 e. The van der Waals surface area contributed by atoms with E-state index in [-0.39, 0.29) is 24.2 Å². The summed E-state index contributed by atoms with van der Waals surface area (Å²) in [7, 11) is 0. The van der Waals surface area contributed by atoms with E-state index in [2.05, 4.69) is 5.32 Å². The Morgan fingerprint density at radius 2 is 2.00 bits per heavy atom. The molecular weight excluding hydrogens is 318 g/mol. The third-order valence-electron chi connectivity index (χ3n) is 3.39. The van der Waals surface area contributed by atoms with E-state index >= 15 is 0 Å². The van der Waals surface area contributed by atoms with E-state index in [9.17, 15) is 9.59 Å². The van der Waals surface area contributed by atoms with Crippen molar-refractivity contribution in [1.29, 1.82) is 0 Å². The van der Waals surface area contributed by atoms with Crippen LogP contribution in [0.4, 0.5) is 5.69 Å². The van der Waals surface area contributed by atoms with E-state index in [4.69, 9.17) is 21.1 Å². The molecule has 0 spiro atoms. The highest BCUT2D eigenvalue weighted by Gasteiger charge is 2.26. The predicted molar refractivity (Wildman–Crippen MR) is 86.4 cm³/mol. The zero-order valence-corrected chi connectivity index (χ0v) is 12.9. The van der Waals surface area contributed by atoms with Crippen LogP contribution in [0, 0.1) is 0 Å². The number of ether oxygens (including phenoxy) is 2. The van der Waals surface area contributed by atoms with Crippen molar-refractivity contribution in [2.45, 2.75) is 6.61 Å². The summed E-state index contributed by atoms with van der Waals surface area (Å²) in [6.07, 6.45) is 0. The molecule has 0 saturated heterocycles. The van der Waals surface area contributed by atoms with Crippen LogP contribution in [0.25, 0.3) is 0 Å². The molecule has 0 aromatic heterocycles. The van der Waals surface area contributed by atoms with Crippen molar-refractivity contribution in [2.24, 2.45) is 0 Å². The number of ketones is 1. The number of benzene rings is 2. The molecule has 1 aliphatic heterocycles. The van der Waals surface area contributed by atoms with Gasteiger partial charge < -0.3 is 14.8 Å². The fourth-order valence-electron chi connectivity index (χ4n) is 2.29. The number of hydrogen-bond donors (Lipinski definition) is 1. The standard InChI is InChI=1S/C17H14ClNO4/c18-8-13(20)12-6-7-14(16-17(12)23-10-15(21)19-16)22-9-11-4-2-1-3-5-11/h1-7H,8-10H2,(H,19,21). The van der Waals surface area contributed by atoms with Crippen molar-refractivity contribution < 1.29 is 19.1 Å². The third-order valence-corrected chi connectivity index (χ3v) is 3.63. The van der Waals surface area contributed by atoms with Gasteiger partial charge in [0, 0.05) is 0 Å². The number of Topliss-reactive ketones (excluding diaryl/α,β-unsaturated/α-hetero) is 1. The number of rotatable bonds is 5. The minimum atomic E-state index is -0.294. The molecule has 0 aliphatic carbocycles. The van der Waals surface area contributed by atoms with Crippen LogP contribution in [0.3, 0.4) is 0 Å². The molecule has 0 unspecified atom stereocenters. The van der Waals surface area contributed by atoms with Gasteiger partial charge in [0.2, 0.25) is 0 Å². The number of halogens is 1. The molecular formula is C17H14ClNO4. The largest absolute Gasteiger partial charge is 0.487 e. The van der Waals surface area contributed by atoms with Gasteiger partial charge >= 0.3 is 0 Å². The first kappa shape index (κ1) is 15.4. The summed E-state index contributed by atoms with van der Waals surface area (Å²) in [5.41, 5.74) is 1.69. The fraction of sp³-hybridized carbons (Fsp3) is 0.176. The van der Waals surface area contributed by atoms with E-state index in [1.54, 1.807) is 12.1 Å². The van der Waals surface area contributed by atoms with E-state index in [1.807, 2.05) is 30.3 Å². The molecule has 1 heterocycles. The summed E-state index contributed by atoms with van der Waals surface area (Å²) >= 11 is 5.61. The number of alkyl halides is 1. The average Bonchev–Trinajstić information content (AvgIpc) is 2.59.